The first kappa shape index (κ1) is 14.4. The van der Waals surface area contributed by atoms with Gasteiger partial charge in [-0.1, -0.05) is 5.16 Å². The van der Waals surface area contributed by atoms with Crippen LogP contribution in [0.4, 0.5) is 0 Å². The van der Waals surface area contributed by atoms with E-state index < -0.39 is 0 Å². The Morgan fingerprint density at radius 2 is 2.30 bits per heavy atom. The van der Waals surface area contributed by atoms with Crippen molar-refractivity contribution in [3.05, 3.63) is 29.7 Å². The topological polar surface area (TPSA) is 86.3 Å². The molecule has 122 valence electrons. The Kier molecular flexibility index (Phi) is 3.41. The fraction of sp³-hybridized carbons (Fsp3) is 0.600. The van der Waals surface area contributed by atoms with Crippen molar-refractivity contribution in [3.8, 4) is 0 Å². The Morgan fingerprint density at radius 1 is 1.43 bits per heavy atom. The third kappa shape index (κ3) is 2.63. The first-order valence-corrected chi connectivity index (χ1v) is 7.82. The smallest absolute Gasteiger partial charge is 0.272 e. The average molecular weight is 317 g/mol. The van der Waals surface area contributed by atoms with Crippen molar-refractivity contribution in [2.24, 2.45) is 13.0 Å². The maximum Gasteiger partial charge on any atom is 0.272 e. The molecule has 8 nitrogen and oxygen atoms in total. The second-order valence-electron chi connectivity index (χ2n) is 6.28. The molecule has 2 aliphatic rings. The van der Waals surface area contributed by atoms with Crippen molar-refractivity contribution in [3.63, 3.8) is 0 Å². The minimum Gasteiger partial charge on any atom is -0.372 e. The second kappa shape index (κ2) is 5.45. The molecule has 2 aromatic heterocycles. The number of aromatic nitrogens is 4. The van der Waals surface area contributed by atoms with E-state index >= 15 is 0 Å². The number of hydrogen-bond donors (Lipinski definition) is 0. The lowest BCUT2D eigenvalue weighted by atomic mass is 10.0. The molecule has 4 rings (SSSR count). The molecule has 0 radical (unpaired) electrons. The summed E-state index contributed by atoms with van der Waals surface area (Å²) in [6, 6.07) is 1.75. The molecular formula is C15H19N5O3. The van der Waals surface area contributed by atoms with E-state index in [2.05, 4.69) is 15.2 Å². The summed E-state index contributed by atoms with van der Waals surface area (Å²) in [6.07, 6.45) is 3.40. The van der Waals surface area contributed by atoms with Gasteiger partial charge in [-0.25, -0.2) is 0 Å². The van der Waals surface area contributed by atoms with Gasteiger partial charge < -0.3 is 14.2 Å². The third-order valence-corrected chi connectivity index (χ3v) is 4.61. The van der Waals surface area contributed by atoms with Crippen molar-refractivity contribution in [1.82, 2.24) is 24.8 Å². The van der Waals surface area contributed by atoms with Crippen molar-refractivity contribution in [1.29, 1.82) is 0 Å². The molecule has 2 fully saturated rings. The summed E-state index contributed by atoms with van der Waals surface area (Å²) in [4.78, 5) is 18.6. The van der Waals surface area contributed by atoms with E-state index in [0.29, 0.717) is 36.3 Å². The Morgan fingerprint density at radius 3 is 2.96 bits per heavy atom. The Bertz CT molecular complexity index is 710. The van der Waals surface area contributed by atoms with Gasteiger partial charge in [0, 0.05) is 32.3 Å². The van der Waals surface area contributed by atoms with Crippen LogP contribution in [0.25, 0.3) is 0 Å². The minimum absolute atomic E-state index is 0.0204. The number of likely N-dealkylation sites (tertiary alicyclic amines) is 1. The van der Waals surface area contributed by atoms with Crippen LogP contribution in [-0.2, 0) is 18.2 Å². The molecule has 0 unspecified atom stereocenters. The number of rotatable bonds is 3. The first-order chi connectivity index (χ1) is 11.1. The third-order valence-electron chi connectivity index (χ3n) is 4.61. The fourth-order valence-corrected chi connectivity index (χ4v) is 3.52. The molecule has 8 heteroatoms. The summed E-state index contributed by atoms with van der Waals surface area (Å²) in [5, 5.41) is 7.86. The van der Waals surface area contributed by atoms with Gasteiger partial charge in [-0.3, -0.25) is 9.48 Å². The first-order valence-electron chi connectivity index (χ1n) is 7.82. The van der Waals surface area contributed by atoms with E-state index in [1.807, 2.05) is 4.90 Å². The molecular weight excluding hydrogens is 298 g/mol. The van der Waals surface area contributed by atoms with Gasteiger partial charge in [-0.15, -0.1) is 0 Å². The highest BCUT2D eigenvalue weighted by Crippen LogP contribution is 2.34. The van der Waals surface area contributed by atoms with Crippen molar-refractivity contribution >= 4 is 5.91 Å². The van der Waals surface area contributed by atoms with E-state index in [1.54, 1.807) is 30.9 Å². The molecule has 2 saturated heterocycles. The predicted octanol–water partition coefficient (Wildman–Crippen LogP) is 0.584. The van der Waals surface area contributed by atoms with Crippen molar-refractivity contribution < 1.29 is 14.1 Å². The number of ether oxygens (including phenoxy) is 1. The average Bonchev–Trinajstić information content (AvgIpc) is 3.23. The highest BCUT2D eigenvalue weighted by Gasteiger charge is 2.44. The second-order valence-corrected chi connectivity index (χ2v) is 6.28. The summed E-state index contributed by atoms with van der Waals surface area (Å²) >= 11 is 0. The number of aryl methyl sites for hydroxylation is 2. The molecule has 1 amide bonds. The van der Waals surface area contributed by atoms with Crippen LogP contribution in [0, 0.1) is 12.8 Å². The molecule has 0 aromatic carbocycles. The summed E-state index contributed by atoms with van der Waals surface area (Å²) < 4.78 is 12.8. The van der Waals surface area contributed by atoms with Crippen LogP contribution in [-0.4, -0.2) is 56.0 Å². The van der Waals surface area contributed by atoms with E-state index in [4.69, 9.17) is 9.26 Å². The van der Waals surface area contributed by atoms with Gasteiger partial charge in [0.05, 0.1) is 18.6 Å². The molecule has 4 heterocycles. The van der Waals surface area contributed by atoms with Gasteiger partial charge in [-0.05, 0) is 19.4 Å². The molecule has 3 atom stereocenters. The summed E-state index contributed by atoms with van der Waals surface area (Å²) in [5.41, 5.74) is 0.614. The van der Waals surface area contributed by atoms with Gasteiger partial charge in [0.2, 0.25) is 5.89 Å². The SMILES string of the molecule is Cc1noc(C[C@H]2C[C@H]3CN(C(=O)c4ccnn4C)C[C@H]3O2)n1. The van der Waals surface area contributed by atoms with Crippen LogP contribution in [0.2, 0.25) is 0 Å². The van der Waals surface area contributed by atoms with Crippen LogP contribution < -0.4 is 0 Å². The maximum atomic E-state index is 12.5. The zero-order valence-corrected chi connectivity index (χ0v) is 13.2. The minimum atomic E-state index is 0.0204. The number of carbonyl (C=O) groups excluding carboxylic acids is 1. The molecule has 23 heavy (non-hydrogen) atoms. The quantitative estimate of drug-likeness (QED) is 0.823. The molecule has 0 aliphatic carbocycles. The largest absolute Gasteiger partial charge is 0.372 e. The van der Waals surface area contributed by atoms with Crippen LogP contribution in [0.1, 0.15) is 28.6 Å². The highest BCUT2D eigenvalue weighted by molar-refractivity contribution is 5.92. The van der Waals surface area contributed by atoms with Gasteiger partial charge in [0.1, 0.15) is 5.69 Å². The molecule has 0 N–H and O–H groups in total. The van der Waals surface area contributed by atoms with E-state index in [1.165, 1.54) is 0 Å². The molecule has 0 saturated carbocycles. The summed E-state index contributed by atoms with van der Waals surface area (Å²) in [5.74, 6) is 1.66. The monoisotopic (exact) mass is 317 g/mol. The van der Waals surface area contributed by atoms with Crippen LogP contribution in [0.15, 0.2) is 16.8 Å². The Labute approximate surface area is 133 Å². The lowest BCUT2D eigenvalue weighted by Gasteiger charge is -2.19. The van der Waals surface area contributed by atoms with Crippen LogP contribution >= 0.6 is 0 Å². The molecule has 0 spiro atoms. The van der Waals surface area contributed by atoms with E-state index in [0.717, 1.165) is 13.0 Å². The van der Waals surface area contributed by atoms with E-state index in [9.17, 15) is 4.79 Å². The molecule has 0 bridgehead atoms. The van der Waals surface area contributed by atoms with Gasteiger partial charge >= 0.3 is 0 Å². The number of nitrogens with zero attached hydrogens (tertiary/aromatic N) is 5. The molecule has 2 aliphatic heterocycles. The maximum absolute atomic E-state index is 12.5. The number of carbonyl (C=O) groups is 1. The van der Waals surface area contributed by atoms with Crippen LogP contribution in [0.5, 0.6) is 0 Å². The van der Waals surface area contributed by atoms with E-state index in [-0.39, 0.29) is 18.1 Å². The predicted molar refractivity (Wildman–Crippen MR) is 78.6 cm³/mol. The summed E-state index contributed by atoms with van der Waals surface area (Å²) in [7, 11) is 1.78. The van der Waals surface area contributed by atoms with Crippen molar-refractivity contribution in [2.45, 2.75) is 32.0 Å². The number of amides is 1. The standard InChI is InChI=1S/C15H19N5O3/c1-9-17-14(23-18-9)6-11-5-10-7-20(8-13(10)22-11)15(21)12-3-4-16-19(12)2/h3-4,10-11,13H,5-8H2,1-2H3/t10-,11+,13+/m0/s1. The molecule has 2 aromatic rings. The van der Waals surface area contributed by atoms with Crippen LogP contribution in [0.3, 0.4) is 0 Å². The van der Waals surface area contributed by atoms with Gasteiger partial charge in [0.25, 0.3) is 5.91 Å². The lowest BCUT2D eigenvalue weighted by Crippen LogP contribution is -2.32. The highest BCUT2D eigenvalue weighted by atomic mass is 16.5. The fourth-order valence-electron chi connectivity index (χ4n) is 3.52. The zero-order chi connectivity index (χ0) is 16.0. The zero-order valence-electron chi connectivity index (χ0n) is 13.2. The lowest BCUT2D eigenvalue weighted by molar-refractivity contribution is 0.0328. The van der Waals surface area contributed by atoms with Crippen molar-refractivity contribution in [2.75, 3.05) is 13.1 Å². The Balaban J connectivity index is 1.36. The summed E-state index contributed by atoms with van der Waals surface area (Å²) in [6.45, 7) is 3.17. The Hall–Kier alpha value is -2.22. The van der Waals surface area contributed by atoms with Gasteiger partial charge in [0.15, 0.2) is 5.82 Å². The number of fused-ring (bicyclic) bond motifs is 1. The van der Waals surface area contributed by atoms with Gasteiger partial charge in [-0.2, -0.15) is 10.1 Å². The number of hydrogen-bond acceptors (Lipinski definition) is 6. The normalized spacial score (nSPS) is 26.7.